The Kier molecular flexibility index (Phi) is 3.34. The molecule has 4 heteroatoms. The van der Waals surface area contributed by atoms with E-state index in [1.54, 1.807) is 0 Å². The van der Waals surface area contributed by atoms with Crippen molar-refractivity contribution in [2.45, 2.75) is 37.6 Å². The Labute approximate surface area is 89.4 Å². The molecule has 1 amide bonds. The van der Waals surface area contributed by atoms with E-state index in [0.29, 0.717) is 17.3 Å². The quantitative estimate of drug-likeness (QED) is 0.735. The molecule has 1 saturated carbocycles. The SMILES string of the molecule is CC1CSC(CNC(=O)C2CCC2)N1. The van der Waals surface area contributed by atoms with Gasteiger partial charge in [0.25, 0.3) is 0 Å². The van der Waals surface area contributed by atoms with E-state index in [0.717, 1.165) is 25.1 Å². The van der Waals surface area contributed by atoms with Gasteiger partial charge in [-0.15, -0.1) is 11.8 Å². The zero-order valence-electron chi connectivity index (χ0n) is 8.58. The normalized spacial score (nSPS) is 32.6. The van der Waals surface area contributed by atoms with Crippen LogP contribution in [0.25, 0.3) is 0 Å². The van der Waals surface area contributed by atoms with Gasteiger partial charge in [-0.3, -0.25) is 4.79 Å². The summed E-state index contributed by atoms with van der Waals surface area (Å²) in [5.74, 6) is 1.74. The number of thioether (sulfide) groups is 1. The van der Waals surface area contributed by atoms with Crippen molar-refractivity contribution < 1.29 is 4.79 Å². The Morgan fingerprint density at radius 1 is 1.57 bits per heavy atom. The first-order valence-electron chi connectivity index (χ1n) is 5.41. The summed E-state index contributed by atoms with van der Waals surface area (Å²) in [7, 11) is 0. The fourth-order valence-corrected chi connectivity index (χ4v) is 2.95. The minimum Gasteiger partial charge on any atom is -0.353 e. The third-order valence-corrected chi connectivity index (χ3v) is 4.35. The van der Waals surface area contributed by atoms with Crippen LogP contribution in [0.4, 0.5) is 0 Å². The summed E-state index contributed by atoms with van der Waals surface area (Å²) in [5.41, 5.74) is 0. The van der Waals surface area contributed by atoms with Crippen molar-refractivity contribution in [1.29, 1.82) is 0 Å². The average Bonchev–Trinajstić information content (AvgIpc) is 2.45. The largest absolute Gasteiger partial charge is 0.353 e. The number of amides is 1. The first kappa shape index (κ1) is 10.3. The summed E-state index contributed by atoms with van der Waals surface area (Å²) >= 11 is 1.90. The molecule has 0 aromatic rings. The number of hydrogen-bond donors (Lipinski definition) is 2. The second-order valence-corrected chi connectivity index (χ2v) is 5.50. The minimum absolute atomic E-state index is 0.262. The molecule has 0 aromatic heterocycles. The van der Waals surface area contributed by atoms with Crippen LogP contribution in [0.5, 0.6) is 0 Å². The molecule has 1 saturated heterocycles. The molecule has 2 atom stereocenters. The zero-order chi connectivity index (χ0) is 9.97. The molecular formula is C10H18N2OS. The van der Waals surface area contributed by atoms with Crippen molar-refractivity contribution >= 4 is 17.7 Å². The number of nitrogens with one attached hydrogen (secondary N) is 2. The summed E-state index contributed by atoms with van der Waals surface area (Å²) < 4.78 is 0. The average molecular weight is 214 g/mol. The lowest BCUT2D eigenvalue weighted by atomic mass is 9.85. The highest BCUT2D eigenvalue weighted by Gasteiger charge is 2.26. The van der Waals surface area contributed by atoms with Crippen LogP contribution in [0, 0.1) is 5.92 Å². The van der Waals surface area contributed by atoms with Gasteiger partial charge < -0.3 is 10.6 Å². The van der Waals surface area contributed by atoms with Crippen LogP contribution in [0.1, 0.15) is 26.2 Å². The van der Waals surface area contributed by atoms with Gasteiger partial charge in [-0.1, -0.05) is 6.42 Å². The van der Waals surface area contributed by atoms with E-state index in [2.05, 4.69) is 17.6 Å². The molecule has 0 radical (unpaired) electrons. The zero-order valence-corrected chi connectivity index (χ0v) is 9.40. The molecule has 3 nitrogen and oxygen atoms in total. The van der Waals surface area contributed by atoms with Gasteiger partial charge in [-0.25, -0.2) is 0 Å². The molecule has 1 heterocycles. The smallest absolute Gasteiger partial charge is 0.223 e. The van der Waals surface area contributed by atoms with Crippen molar-refractivity contribution in [1.82, 2.24) is 10.6 Å². The number of carbonyl (C=O) groups excluding carboxylic acids is 1. The van der Waals surface area contributed by atoms with Crippen LogP contribution < -0.4 is 10.6 Å². The van der Waals surface area contributed by atoms with Gasteiger partial charge >= 0.3 is 0 Å². The van der Waals surface area contributed by atoms with E-state index in [1.807, 2.05) is 11.8 Å². The Hall–Kier alpha value is -0.220. The Bertz CT molecular complexity index is 218. The molecule has 2 rings (SSSR count). The predicted molar refractivity (Wildman–Crippen MR) is 59.2 cm³/mol. The van der Waals surface area contributed by atoms with E-state index in [4.69, 9.17) is 0 Å². The van der Waals surface area contributed by atoms with Gasteiger partial charge in [0.1, 0.15) is 0 Å². The van der Waals surface area contributed by atoms with Crippen LogP contribution in [0.3, 0.4) is 0 Å². The molecule has 0 aromatic carbocycles. The molecular weight excluding hydrogens is 196 g/mol. The van der Waals surface area contributed by atoms with Gasteiger partial charge in [0.05, 0.1) is 5.37 Å². The lowest BCUT2D eigenvalue weighted by Gasteiger charge is -2.24. The summed E-state index contributed by atoms with van der Waals surface area (Å²) in [6.07, 6.45) is 3.41. The van der Waals surface area contributed by atoms with E-state index in [1.165, 1.54) is 6.42 Å². The first-order chi connectivity index (χ1) is 6.75. The molecule has 14 heavy (non-hydrogen) atoms. The maximum Gasteiger partial charge on any atom is 0.223 e. The summed E-state index contributed by atoms with van der Waals surface area (Å²) in [4.78, 5) is 11.5. The molecule has 80 valence electrons. The lowest BCUT2D eigenvalue weighted by molar-refractivity contribution is -0.127. The standard InChI is InChI=1S/C10H18N2OS/c1-7-6-14-9(12-7)5-11-10(13)8-3-2-4-8/h7-9,12H,2-6H2,1H3,(H,11,13). The monoisotopic (exact) mass is 214 g/mol. The molecule has 0 bridgehead atoms. The fourth-order valence-electron chi connectivity index (χ4n) is 1.80. The highest BCUT2D eigenvalue weighted by Crippen LogP contribution is 2.26. The van der Waals surface area contributed by atoms with Gasteiger partial charge in [-0.2, -0.15) is 0 Å². The molecule has 1 aliphatic carbocycles. The highest BCUT2D eigenvalue weighted by atomic mass is 32.2. The fraction of sp³-hybridized carbons (Fsp3) is 0.900. The summed E-state index contributed by atoms with van der Waals surface area (Å²) in [6.45, 7) is 2.96. The second-order valence-electron chi connectivity index (χ2n) is 4.26. The molecule has 1 aliphatic heterocycles. The topological polar surface area (TPSA) is 41.1 Å². The highest BCUT2D eigenvalue weighted by molar-refractivity contribution is 8.00. The third-order valence-electron chi connectivity index (χ3n) is 2.96. The van der Waals surface area contributed by atoms with Crippen molar-refractivity contribution in [2.24, 2.45) is 5.92 Å². The van der Waals surface area contributed by atoms with Crippen molar-refractivity contribution in [2.75, 3.05) is 12.3 Å². The van der Waals surface area contributed by atoms with Crippen molar-refractivity contribution in [3.8, 4) is 0 Å². The van der Waals surface area contributed by atoms with Crippen molar-refractivity contribution in [3.05, 3.63) is 0 Å². The maximum atomic E-state index is 11.5. The van der Waals surface area contributed by atoms with Crippen molar-refractivity contribution in [3.63, 3.8) is 0 Å². The Morgan fingerprint density at radius 3 is 2.86 bits per heavy atom. The van der Waals surface area contributed by atoms with Gasteiger partial charge in [0.2, 0.25) is 5.91 Å². The van der Waals surface area contributed by atoms with Crippen LogP contribution in [-0.4, -0.2) is 29.6 Å². The Morgan fingerprint density at radius 2 is 2.36 bits per heavy atom. The van der Waals surface area contributed by atoms with Gasteiger partial charge in [0, 0.05) is 24.3 Å². The number of hydrogen-bond acceptors (Lipinski definition) is 3. The van der Waals surface area contributed by atoms with Crippen LogP contribution >= 0.6 is 11.8 Å². The molecule has 0 spiro atoms. The van der Waals surface area contributed by atoms with Crippen LogP contribution in [0.15, 0.2) is 0 Å². The van der Waals surface area contributed by atoms with E-state index in [9.17, 15) is 4.79 Å². The Balaban J connectivity index is 1.64. The van der Waals surface area contributed by atoms with E-state index >= 15 is 0 Å². The van der Waals surface area contributed by atoms with Crippen LogP contribution in [-0.2, 0) is 4.79 Å². The minimum atomic E-state index is 0.262. The van der Waals surface area contributed by atoms with Crippen LogP contribution in [0.2, 0.25) is 0 Å². The molecule has 2 aliphatic rings. The second kappa shape index (κ2) is 4.53. The van der Waals surface area contributed by atoms with E-state index in [-0.39, 0.29) is 5.91 Å². The number of carbonyl (C=O) groups is 1. The van der Waals surface area contributed by atoms with Gasteiger partial charge in [-0.05, 0) is 19.8 Å². The predicted octanol–water partition coefficient (Wildman–Crippen LogP) is 0.954. The molecule has 2 unspecified atom stereocenters. The third kappa shape index (κ3) is 2.42. The summed E-state index contributed by atoms with van der Waals surface area (Å²) in [6, 6.07) is 0.589. The van der Waals surface area contributed by atoms with Gasteiger partial charge in [0.15, 0.2) is 0 Å². The van der Waals surface area contributed by atoms with E-state index < -0.39 is 0 Å². The molecule has 2 N–H and O–H groups in total. The molecule has 2 fully saturated rings. The summed E-state index contributed by atoms with van der Waals surface area (Å²) in [5, 5.41) is 6.88. The number of rotatable bonds is 3. The first-order valence-corrected chi connectivity index (χ1v) is 6.46. The maximum absolute atomic E-state index is 11.5. The lowest BCUT2D eigenvalue weighted by Crippen LogP contribution is -2.41.